The first-order valence-electron chi connectivity index (χ1n) is 9.03. The van der Waals surface area contributed by atoms with E-state index in [0.29, 0.717) is 0 Å². The Bertz CT molecular complexity index is 946. The number of benzene rings is 2. The van der Waals surface area contributed by atoms with Gasteiger partial charge in [-0.1, -0.05) is 36.4 Å². The second-order valence-corrected chi connectivity index (χ2v) is 7.28. The number of aryl methyl sites for hydroxylation is 2. The summed E-state index contributed by atoms with van der Waals surface area (Å²) in [7, 11) is 0. The number of pyridine rings is 1. The Labute approximate surface area is 160 Å². The molecule has 0 aliphatic carbocycles. The van der Waals surface area contributed by atoms with Crippen molar-refractivity contribution in [3.05, 3.63) is 83.7 Å². The van der Waals surface area contributed by atoms with Crippen molar-refractivity contribution in [3.8, 4) is 11.1 Å². The largest absolute Gasteiger partial charge is 0.329 e. The fourth-order valence-electron chi connectivity index (χ4n) is 3.26. The summed E-state index contributed by atoms with van der Waals surface area (Å²) in [6.07, 6.45) is 1.80. The quantitative estimate of drug-likeness (QED) is 0.653. The van der Waals surface area contributed by atoms with Gasteiger partial charge < -0.3 is 10.6 Å². The number of aromatic nitrogens is 1. The molecular formula is C23H25N3O. The Kier molecular flexibility index (Phi) is 5.26. The lowest BCUT2D eigenvalue weighted by atomic mass is 9.90. The molecule has 0 unspecified atom stereocenters. The zero-order chi connectivity index (χ0) is 19.4. The molecule has 0 aliphatic heterocycles. The van der Waals surface area contributed by atoms with Crippen molar-refractivity contribution >= 4 is 11.7 Å². The number of amides is 2. The number of nitrogens with zero attached hydrogens (tertiary/aromatic N) is 1. The summed E-state index contributed by atoms with van der Waals surface area (Å²) < 4.78 is 0. The van der Waals surface area contributed by atoms with Crippen LogP contribution in [0.2, 0.25) is 0 Å². The van der Waals surface area contributed by atoms with Gasteiger partial charge in [-0.15, -0.1) is 0 Å². The van der Waals surface area contributed by atoms with E-state index in [2.05, 4.69) is 28.6 Å². The van der Waals surface area contributed by atoms with E-state index in [4.69, 9.17) is 0 Å². The summed E-state index contributed by atoms with van der Waals surface area (Å²) in [5.41, 5.74) is 5.72. The molecule has 1 heterocycles. The summed E-state index contributed by atoms with van der Waals surface area (Å²) in [5, 5.41) is 5.97. The Morgan fingerprint density at radius 1 is 0.926 bits per heavy atom. The molecule has 3 rings (SSSR count). The maximum absolute atomic E-state index is 12.5. The maximum atomic E-state index is 12.5. The third-order valence-corrected chi connectivity index (χ3v) is 4.62. The van der Waals surface area contributed by atoms with Gasteiger partial charge in [-0.05, 0) is 74.2 Å². The molecule has 0 atom stereocenters. The van der Waals surface area contributed by atoms with Gasteiger partial charge in [0.05, 0.1) is 5.54 Å². The van der Waals surface area contributed by atoms with Crippen molar-refractivity contribution in [2.75, 3.05) is 5.32 Å². The van der Waals surface area contributed by atoms with Crippen molar-refractivity contribution in [1.82, 2.24) is 10.3 Å². The highest BCUT2D eigenvalue weighted by molar-refractivity contribution is 5.90. The monoisotopic (exact) mass is 359 g/mol. The Hall–Kier alpha value is -3.14. The molecular weight excluding hydrogens is 334 g/mol. The number of carbonyl (C=O) groups excluding carboxylic acids is 1. The van der Waals surface area contributed by atoms with Crippen LogP contribution in [0, 0.1) is 13.8 Å². The van der Waals surface area contributed by atoms with Crippen LogP contribution in [0.4, 0.5) is 10.5 Å². The number of hydrogen-bond donors (Lipinski definition) is 2. The first kappa shape index (κ1) is 18.6. The van der Waals surface area contributed by atoms with E-state index >= 15 is 0 Å². The highest BCUT2D eigenvalue weighted by Gasteiger charge is 2.24. The van der Waals surface area contributed by atoms with Gasteiger partial charge in [0.2, 0.25) is 0 Å². The van der Waals surface area contributed by atoms with E-state index in [-0.39, 0.29) is 6.03 Å². The third kappa shape index (κ3) is 4.53. The van der Waals surface area contributed by atoms with E-state index in [1.54, 1.807) is 6.20 Å². The SMILES string of the molecule is Cc1cc(-c2ccc(NC(=O)NC(C)(C)c3ccccc3C)cc2)ccn1. The average Bonchev–Trinajstić information content (AvgIpc) is 2.62. The Balaban J connectivity index is 1.68. The molecule has 0 saturated heterocycles. The van der Waals surface area contributed by atoms with Crippen LogP contribution in [0.1, 0.15) is 30.7 Å². The molecule has 0 aliphatic rings. The molecule has 2 amide bonds. The molecule has 0 fully saturated rings. The van der Waals surface area contributed by atoms with E-state index in [9.17, 15) is 4.79 Å². The van der Waals surface area contributed by atoms with Gasteiger partial charge in [-0.3, -0.25) is 4.98 Å². The van der Waals surface area contributed by atoms with Crippen LogP contribution in [-0.4, -0.2) is 11.0 Å². The predicted molar refractivity (Wildman–Crippen MR) is 111 cm³/mol. The average molecular weight is 359 g/mol. The molecule has 0 spiro atoms. The van der Waals surface area contributed by atoms with Crippen molar-refractivity contribution in [3.63, 3.8) is 0 Å². The zero-order valence-electron chi connectivity index (χ0n) is 16.2. The number of carbonyl (C=O) groups is 1. The van der Waals surface area contributed by atoms with E-state index in [1.165, 1.54) is 0 Å². The number of rotatable bonds is 4. The third-order valence-electron chi connectivity index (χ3n) is 4.62. The van der Waals surface area contributed by atoms with E-state index < -0.39 is 5.54 Å². The van der Waals surface area contributed by atoms with Crippen molar-refractivity contribution in [1.29, 1.82) is 0 Å². The Morgan fingerprint density at radius 3 is 2.30 bits per heavy atom. The van der Waals surface area contributed by atoms with Gasteiger partial charge in [0.1, 0.15) is 0 Å². The van der Waals surface area contributed by atoms with Gasteiger partial charge in [-0.2, -0.15) is 0 Å². The van der Waals surface area contributed by atoms with E-state index in [1.807, 2.05) is 75.4 Å². The normalized spacial score (nSPS) is 11.1. The van der Waals surface area contributed by atoms with Crippen LogP contribution in [-0.2, 0) is 5.54 Å². The highest BCUT2D eigenvalue weighted by atomic mass is 16.2. The number of urea groups is 1. The second kappa shape index (κ2) is 7.62. The van der Waals surface area contributed by atoms with Gasteiger partial charge >= 0.3 is 6.03 Å². The summed E-state index contributed by atoms with van der Waals surface area (Å²) in [4.78, 5) is 16.7. The van der Waals surface area contributed by atoms with Crippen LogP contribution >= 0.6 is 0 Å². The minimum absolute atomic E-state index is 0.226. The number of anilines is 1. The summed E-state index contributed by atoms with van der Waals surface area (Å²) in [6, 6.07) is 19.7. The lowest BCUT2D eigenvalue weighted by Crippen LogP contribution is -2.43. The molecule has 4 nitrogen and oxygen atoms in total. The first-order valence-corrected chi connectivity index (χ1v) is 9.03. The van der Waals surface area contributed by atoms with E-state index in [0.717, 1.165) is 33.6 Å². The molecule has 27 heavy (non-hydrogen) atoms. The highest BCUT2D eigenvalue weighted by Crippen LogP contribution is 2.24. The van der Waals surface area contributed by atoms with Crippen LogP contribution in [0.15, 0.2) is 66.9 Å². The molecule has 0 saturated carbocycles. The van der Waals surface area contributed by atoms with Gasteiger partial charge in [0.25, 0.3) is 0 Å². The smallest absolute Gasteiger partial charge is 0.319 e. The predicted octanol–water partition coefficient (Wildman–Crippen LogP) is 5.42. The molecule has 3 aromatic rings. The molecule has 138 valence electrons. The van der Waals surface area contributed by atoms with Crippen LogP contribution in [0.3, 0.4) is 0 Å². The fraction of sp³-hybridized carbons (Fsp3) is 0.217. The first-order chi connectivity index (χ1) is 12.8. The molecule has 2 N–H and O–H groups in total. The molecule has 0 bridgehead atoms. The number of nitrogens with one attached hydrogen (secondary N) is 2. The topological polar surface area (TPSA) is 54.0 Å². The van der Waals surface area contributed by atoms with Crippen LogP contribution in [0.5, 0.6) is 0 Å². The summed E-state index contributed by atoms with van der Waals surface area (Å²) in [5.74, 6) is 0. The van der Waals surface area contributed by atoms with Crippen LogP contribution < -0.4 is 10.6 Å². The summed E-state index contributed by atoms with van der Waals surface area (Å²) >= 11 is 0. The van der Waals surface area contributed by atoms with Gasteiger partial charge in [0.15, 0.2) is 0 Å². The van der Waals surface area contributed by atoms with Crippen molar-refractivity contribution in [2.45, 2.75) is 33.2 Å². The minimum atomic E-state index is -0.468. The second-order valence-electron chi connectivity index (χ2n) is 7.28. The Morgan fingerprint density at radius 2 is 1.63 bits per heavy atom. The molecule has 0 radical (unpaired) electrons. The molecule has 4 heteroatoms. The maximum Gasteiger partial charge on any atom is 0.319 e. The molecule has 1 aromatic heterocycles. The number of hydrogen-bond acceptors (Lipinski definition) is 2. The van der Waals surface area contributed by atoms with Gasteiger partial charge in [0, 0.05) is 17.6 Å². The molecule has 2 aromatic carbocycles. The summed E-state index contributed by atoms with van der Waals surface area (Å²) in [6.45, 7) is 8.03. The lowest BCUT2D eigenvalue weighted by Gasteiger charge is -2.28. The van der Waals surface area contributed by atoms with Gasteiger partial charge in [-0.25, -0.2) is 4.79 Å². The minimum Gasteiger partial charge on any atom is -0.329 e. The zero-order valence-corrected chi connectivity index (χ0v) is 16.2. The standard InChI is InChI=1S/C23H25N3O/c1-16-7-5-6-8-21(16)23(3,4)26-22(27)25-20-11-9-18(10-12-20)19-13-14-24-17(2)15-19/h5-15H,1-4H3,(H2,25,26,27). The lowest BCUT2D eigenvalue weighted by molar-refractivity contribution is 0.242. The fourth-order valence-corrected chi connectivity index (χ4v) is 3.26. The van der Waals surface area contributed by atoms with Crippen LogP contribution in [0.25, 0.3) is 11.1 Å². The van der Waals surface area contributed by atoms with Crippen molar-refractivity contribution in [2.24, 2.45) is 0 Å². The van der Waals surface area contributed by atoms with Crippen molar-refractivity contribution < 1.29 is 4.79 Å².